The summed E-state index contributed by atoms with van der Waals surface area (Å²) in [5.74, 6) is 1.10. The van der Waals surface area contributed by atoms with Gasteiger partial charge in [0.2, 0.25) is 0 Å². The van der Waals surface area contributed by atoms with Crippen LogP contribution in [-0.2, 0) is 6.54 Å². The van der Waals surface area contributed by atoms with E-state index in [0.717, 1.165) is 18.9 Å². The third-order valence-electron chi connectivity index (χ3n) is 3.96. The average Bonchev–Trinajstić information content (AvgIpc) is 2.86. The summed E-state index contributed by atoms with van der Waals surface area (Å²) in [6.45, 7) is 7.55. The van der Waals surface area contributed by atoms with Gasteiger partial charge in [0.1, 0.15) is 12.2 Å². The van der Waals surface area contributed by atoms with Gasteiger partial charge in [-0.05, 0) is 53.2 Å². The summed E-state index contributed by atoms with van der Waals surface area (Å²) in [6, 6.07) is 1.08. The molecular weight excluding hydrogens is 238 g/mol. The zero-order valence-electron chi connectivity index (χ0n) is 12.5. The molecule has 0 bridgehead atoms. The maximum absolute atomic E-state index is 4.44. The van der Waals surface area contributed by atoms with Crippen molar-refractivity contribution < 1.29 is 0 Å². The van der Waals surface area contributed by atoms with Gasteiger partial charge in [0, 0.05) is 12.1 Å². The molecule has 0 radical (unpaired) electrons. The molecule has 0 saturated carbocycles. The molecule has 19 heavy (non-hydrogen) atoms. The topological polar surface area (TPSA) is 46.0 Å². The number of likely N-dealkylation sites (tertiary alicyclic amines) is 1. The van der Waals surface area contributed by atoms with Crippen LogP contribution in [0.25, 0.3) is 0 Å². The van der Waals surface area contributed by atoms with Crippen molar-refractivity contribution in [2.45, 2.75) is 58.2 Å². The molecule has 0 aliphatic carbocycles. The maximum atomic E-state index is 4.44. The van der Waals surface area contributed by atoms with E-state index in [-0.39, 0.29) is 0 Å². The van der Waals surface area contributed by atoms with Crippen LogP contribution >= 0.6 is 0 Å². The molecule has 108 valence electrons. The highest BCUT2D eigenvalue weighted by Crippen LogP contribution is 2.21. The lowest BCUT2D eigenvalue weighted by atomic mass is 9.99. The van der Waals surface area contributed by atoms with Crippen LogP contribution in [0.2, 0.25) is 0 Å². The van der Waals surface area contributed by atoms with E-state index in [2.05, 4.69) is 34.1 Å². The largest absolute Gasteiger partial charge is 0.320 e. The van der Waals surface area contributed by atoms with Gasteiger partial charge in [0.05, 0.1) is 6.54 Å². The molecule has 1 fully saturated rings. The quantitative estimate of drug-likeness (QED) is 0.852. The minimum Gasteiger partial charge on any atom is -0.320 e. The van der Waals surface area contributed by atoms with Crippen LogP contribution in [0.3, 0.4) is 0 Å². The summed E-state index contributed by atoms with van der Waals surface area (Å²) in [7, 11) is 2.03. The van der Waals surface area contributed by atoms with Gasteiger partial charge in [0.15, 0.2) is 0 Å². The van der Waals surface area contributed by atoms with Crippen LogP contribution in [-0.4, -0.2) is 45.8 Å². The van der Waals surface area contributed by atoms with Crippen LogP contribution in [0, 0.1) is 0 Å². The second-order valence-electron chi connectivity index (χ2n) is 5.73. The SMILES string of the molecule is CNCCC1CCCCN1Cc1ncnn1C(C)C. The van der Waals surface area contributed by atoms with Crippen LogP contribution in [0.4, 0.5) is 0 Å². The maximum Gasteiger partial charge on any atom is 0.141 e. The van der Waals surface area contributed by atoms with Gasteiger partial charge in [-0.25, -0.2) is 9.67 Å². The lowest BCUT2D eigenvalue weighted by molar-refractivity contribution is 0.126. The van der Waals surface area contributed by atoms with Gasteiger partial charge in [-0.15, -0.1) is 0 Å². The Morgan fingerprint density at radius 2 is 2.26 bits per heavy atom. The summed E-state index contributed by atoms with van der Waals surface area (Å²) in [5, 5.41) is 7.60. The highest BCUT2D eigenvalue weighted by atomic mass is 15.4. The predicted octanol–water partition coefficient (Wildman–Crippen LogP) is 1.82. The van der Waals surface area contributed by atoms with Crippen LogP contribution in [0.5, 0.6) is 0 Å². The molecule has 0 amide bonds. The molecule has 1 aromatic rings. The third kappa shape index (κ3) is 3.76. The molecule has 1 aliphatic heterocycles. The molecular formula is C14H27N5. The first-order chi connectivity index (χ1) is 9.22. The summed E-state index contributed by atoms with van der Waals surface area (Å²) in [6.07, 6.45) is 6.90. The van der Waals surface area contributed by atoms with Gasteiger partial charge in [-0.3, -0.25) is 4.90 Å². The first-order valence-corrected chi connectivity index (χ1v) is 7.49. The Hall–Kier alpha value is -0.940. The Bertz CT molecular complexity index is 374. The zero-order chi connectivity index (χ0) is 13.7. The van der Waals surface area contributed by atoms with E-state index in [9.17, 15) is 0 Å². The molecule has 0 spiro atoms. The molecule has 1 atom stereocenters. The van der Waals surface area contributed by atoms with Crippen molar-refractivity contribution in [3.63, 3.8) is 0 Å². The van der Waals surface area contributed by atoms with Crippen molar-refractivity contribution in [3.8, 4) is 0 Å². The van der Waals surface area contributed by atoms with Crippen molar-refractivity contribution in [2.75, 3.05) is 20.1 Å². The van der Waals surface area contributed by atoms with Gasteiger partial charge in [-0.1, -0.05) is 6.42 Å². The minimum absolute atomic E-state index is 0.387. The molecule has 5 heteroatoms. The molecule has 1 N–H and O–H groups in total. The minimum atomic E-state index is 0.387. The Morgan fingerprint density at radius 1 is 1.42 bits per heavy atom. The number of hydrogen-bond donors (Lipinski definition) is 1. The van der Waals surface area contributed by atoms with Crippen molar-refractivity contribution in [1.82, 2.24) is 25.0 Å². The average molecular weight is 265 g/mol. The Balaban J connectivity index is 2.00. The molecule has 5 nitrogen and oxygen atoms in total. The lowest BCUT2D eigenvalue weighted by Gasteiger charge is -2.35. The smallest absolute Gasteiger partial charge is 0.141 e. The van der Waals surface area contributed by atoms with E-state index in [0.29, 0.717) is 12.1 Å². The summed E-state index contributed by atoms with van der Waals surface area (Å²) in [5.41, 5.74) is 0. The number of aromatic nitrogens is 3. The fourth-order valence-corrected chi connectivity index (χ4v) is 2.91. The number of nitrogens with zero attached hydrogens (tertiary/aromatic N) is 4. The Labute approximate surface area is 116 Å². The molecule has 1 aliphatic rings. The number of rotatable bonds is 6. The highest BCUT2D eigenvalue weighted by Gasteiger charge is 2.23. The zero-order valence-corrected chi connectivity index (χ0v) is 12.5. The number of hydrogen-bond acceptors (Lipinski definition) is 4. The molecule has 0 aromatic carbocycles. The van der Waals surface area contributed by atoms with E-state index in [1.165, 1.54) is 32.2 Å². The van der Waals surface area contributed by atoms with E-state index >= 15 is 0 Å². The molecule has 2 rings (SSSR count). The first kappa shape index (κ1) is 14.5. The Kier molecular flexibility index (Phi) is 5.34. The molecule has 1 unspecified atom stereocenters. The van der Waals surface area contributed by atoms with Gasteiger partial charge in [0.25, 0.3) is 0 Å². The van der Waals surface area contributed by atoms with Crippen LogP contribution in [0.1, 0.15) is 51.4 Å². The lowest BCUT2D eigenvalue weighted by Crippen LogP contribution is -2.41. The monoisotopic (exact) mass is 265 g/mol. The van der Waals surface area contributed by atoms with Crippen molar-refractivity contribution in [2.24, 2.45) is 0 Å². The predicted molar refractivity (Wildman–Crippen MR) is 77.0 cm³/mol. The van der Waals surface area contributed by atoms with E-state index < -0.39 is 0 Å². The van der Waals surface area contributed by atoms with Crippen molar-refractivity contribution in [1.29, 1.82) is 0 Å². The first-order valence-electron chi connectivity index (χ1n) is 7.49. The summed E-state index contributed by atoms with van der Waals surface area (Å²) < 4.78 is 2.05. The fraction of sp³-hybridized carbons (Fsp3) is 0.857. The summed E-state index contributed by atoms with van der Waals surface area (Å²) >= 11 is 0. The van der Waals surface area contributed by atoms with Crippen molar-refractivity contribution >= 4 is 0 Å². The van der Waals surface area contributed by atoms with Crippen LogP contribution in [0.15, 0.2) is 6.33 Å². The normalized spacial score (nSPS) is 21.2. The van der Waals surface area contributed by atoms with Gasteiger partial charge >= 0.3 is 0 Å². The summed E-state index contributed by atoms with van der Waals surface area (Å²) in [4.78, 5) is 7.03. The van der Waals surface area contributed by atoms with Gasteiger partial charge in [-0.2, -0.15) is 5.10 Å². The molecule has 1 saturated heterocycles. The highest BCUT2D eigenvalue weighted by molar-refractivity contribution is 4.89. The molecule has 2 heterocycles. The van der Waals surface area contributed by atoms with E-state index in [4.69, 9.17) is 0 Å². The van der Waals surface area contributed by atoms with E-state index in [1.807, 2.05) is 11.7 Å². The number of piperidine rings is 1. The standard InChI is InChI=1S/C14H27N5/c1-12(2)19-14(16-11-17-19)10-18-9-5-4-6-13(18)7-8-15-3/h11-13,15H,4-10H2,1-3H3. The van der Waals surface area contributed by atoms with E-state index in [1.54, 1.807) is 6.33 Å². The second kappa shape index (κ2) is 7.01. The Morgan fingerprint density at radius 3 is 3.00 bits per heavy atom. The third-order valence-corrected chi connectivity index (χ3v) is 3.96. The van der Waals surface area contributed by atoms with Crippen LogP contribution < -0.4 is 5.32 Å². The molecule has 1 aromatic heterocycles. The second-order valence-corrected chi connectivity index (χ2v) is 5.73. The van der Waals surface area contributed by atoms with Crippen molar-refractivity contribution in [3.05, 3.63) is 12.2 Å². The fourth-order valence-electron chi connectivity index (χ4n) is 2.91. The number of nitrogens with one attached hydrogen (secondary N) is 1. The van der Waals surface area contributed by atoms with Gasteiger partial charge < -0.3 is 5.32 Å².